The van der Waals surface area contributed by atoms with E-state index < -0.39 is 30.3 Å². The molecule has 0 bridgehead atoms. The molecule has 0 radical (unpaired) electrons. The van der Waals surface area contributed by atoms with Crippen LogP contribution in [0.5, 0.6) is 11.5 Å². The number of esters is 1. The lowest BCUT2D eigenvalue weighted by Crippen LogP contribution is -2.54. The van der Waals surface area contributed by atoms with E-state index in [0.29, 0.717) is 17.1 Å². The molecule has 1 aromatic carbocycles. The number of carbonyl (C=O) groups is 3. The molecule has 1 saturated heterocycles. The van der Waals surface area contributed by atoms with Crippen molar-refractivity contribution in [2.75, 3.05) is 20.5 Å². The average Bonchev–Trinajstić information content (AvgIpc) is 3.09. The number of methoxy groups -OCH3 is 1. The molecule has 140 valence electrons. The van der Waals surface area contributed by atoms with Gasteiger partial charge in [-0.1, -0.05) is 0 Å². The molecule has 26 heavy (non-hydrogen) atoms. The van der Waals surface area contributed by atoms with Crippen LogP contribution >= 0.6 is 0 Å². The van der Waals surface area contributed by atoms with Gasteiger partial charge in [0, 0.05) is 26.0 Å². The summed E-state index contributed by atoms with van der Waals surface area (Å²) < 4.78 is 26.2. The van der Waals surface area contributed by atoms with Crippen LogP contribution in [0.1, 0.15) is 23.7 Å². The third-order valence-corrected chi connectivity index (χ3v) is 4.07. The van der Waals surface area contributed by atoms with Gasteiger partial charge < -0.3 is 29.0 Å². The van der Waals surface area contributed by atoms with E-state index in [9.17, 15) is 14.4 Å². The molecule has 9 heteroatoms. The number of ketones is 1. The number of rotatable bonds is 5. The molecule has 2 aliphatic heterocycles. The number of hydrogen-bond acceptors (Lipinski definition) is 8. The van der Waals surface area contributed by atoms with Crippen molar-refractivity contribution in [2.24, 2.45) is 0 Å². The topological polar surface area (TPSA) is 109 Å². The molecule has 0 saturated carbocycles. The summed E-state index contributed by atoms with van der Waals surface area (Å²) in [6, 6.07) is 4.70. The number of nitrogens with one attached hydrogen (secondary N) is 1. The average molecular weight is 365 g/mol. The van der Waals surface area contributed by atoms with Crippen LogP contribution in [0, 0.1) is 0 Å². The second kappa shape index (κ2) is 7.71. The van der Waals surface area contributed by atoms with Crippen molar-refractivity contribution in [3.8, 4) is 11.5 Å². The Hall–Kier alpha value is -2.65. The minimum absolute atomic E-state index is 0.0362. The standard InChI is InChI=1S/C17H19NO8/c1-9(19)23-7-15-13(22-2)6-11(20)17(26-15)18-16(21)10-3-4-12-14(5-10)25-8-24-12/h3-5,13,15,17H,6-8H2,1-2H3,(H,18,21)/t13?,15-,17-/m1/s1. The lowest BCUT2D eigenvalue weighted by molar-refractivity contribution is -0.177. The first-order valence-corrected chi connectivity index (χ1v) is 8.02. The van der Waals surface area contributed by atoms with Crippen molar-refractivity contribution in [3.05, 3.63) is 23.8 Å². The molecule has 0 spiro atoms. The van der Waals surface area contributed by atoms with Crippen LogP contribution in [0.15, 0.2) is 18.2 Å². The number of hydrogen-bond donors (Lipinski definition) is 1. The lowest BCUT2D eigenvalue weighted by atomic mass is 10.0. The summed E-state index contributed by atoms with van der Waals surface area (Å²) in [6.07, 6.45) is -2.33. The summed E-state index contributed by atoms with van der Waals surface area (Å²) in [5, 5.41) is 2.54. The van der Waals surface area contributed by atoms with Crippen molar-refractivity contribution in [1.82, 2.24) is 5.32 Å². The summed E-state index contributed by atoms with van der Waals surface area (Å²) in [5.41, 5.74) is 0.302. The fraction of sp³-hybridized carbons (Fsp3) is 0.471. The maximum atomic E-state index is 12.4. The quantitative estimate of drug-likeness (QED) is 0.747. The minimum atomic E-state index is -1.15. The zero-order valence-corrected chi connectivity index (χ0v) is 14.4. The van der Waals surface area contributed by atoms with Crippen LogP contribution in [0.4, 0.5) is 0 Å². The van der Waals surface area contributed by atoms with Crippen LogP contribution in [0.3, 0.4) is 0 Å². The molecule has 3 rings (SSSR count). The second-order valence-corrected chi connectivity index (χ2v) is 5.84. The van der Waals surface area contributed by atoms with Crippen molar-refractivity contribution >= 4 is 17.7 Å². The molecule has 1 amide bonds. The van der Waals surface area contributed by atoms with Crippen molar-refractivity contribution in [1.29, 1.82) is 0 Å². The molecule has 0 aliphatic carbocycles. The van der Waals surface area contributed by atoms with E-state index in [2.05, 4.69) is 5.32 Å². The van der Waals surface area contributed by atoms with E-state index in [1.54, 1.807) is 12.1 Å². The van der Waals surface area contributed by atoms with Gasteiger partial charge in [-0.2, -0.15) is 0 Å². The summed E-state index contributed by atoms with van der Waals surface area (Å²) >= 11 is 0. The molecule has 0 aromatic heterocycles. The van der Waals surface area contributed by atoms with Gasteiger partial charge in [0.25, 0.3) is 5.91 Å². The fourth-order valence-electron chi connectivity index (χ4n) is 2.71. The minimum Gasteiger partial charge on any atom is -0.463 e. The van der Waals surface area contributed by atoms with Crippen LogP contribution in [-0.2, 0) is 23.8 Å². The highest BCUT2D eigenvalue weighted by atomic mass is 16.7. The maximum Gasteiger partial charge on any atom is 0.302 e. The Labute approximate surface area is 149 Å². The normalized spacial score (nSPS) is 24.2. The zero-order valence-electron chi connectivity index (χ0n) is 14.4. The molecular formula is C17H19NO8. The van der Waals surface area contributed by atoms with Gasteiger partial charge in [-0.15, -0.1) is 0 Å². The van der Waals surface area contributed by atoms with Crippen molar-refractivity contribution < 1.29 is 38.1 Å². The number of Topliss-reactive ketones (excluding diaryl/α,β-unsaturated/α-hetero) is 1. The molecule has 9 nitrogen and oxygen atoms in total. The van der Waals surface area contributed by atoms with E-state index in [-0.39, 0.29) is 25.6 Å². The Bertz CT molecular complexity index is 719. The van der Waals surface area contributed by atoms with E-state index in [0.717, 1.165) is 0 Å². The molecule has 3 atom stereocenters. The van der Waals surface area contributed by atoms with Crippen molar-refractivity contribution in [3.63, 3.8) is 0 Å². The largest absolute Gasteiger partial charge is 0.463 e. The molecule has 1 unspecified atom stereocenters. The van der Waals surface area contributed by atoms with Crippen molar-refractivity contribution in [2.45, 2.75) is 31.8 Å². The van der Waals surface area contributed by atoms with E-state index in [1.165, 1.54) is 20.1 Å². The van der Waals surface area contributed by atoms with Crippen LogP contribution < -0.4 is 14.8 Å². The Morgan fingerprint density at radius 1 is 1.27 bits per heavy atom. The summed E-state index contributed by atoms with van der Waals surface area (Å²) in [5.74, 6) is -0.285. The highest BCUT2D eigenvalue weighted by Gasteiger charge is 2.38. The third-order valence-electron chi connectivity index (χ3n) is 4.07. The Balaban J connectivity index is 1.66. The zero-order chi connectivity index (χ0) is 18.7. The highest BCUT2D eigenvalue weighted by molar-refractivity contribution is 5.98. The molecule has 1 fully saturated rings. The Morgan fingerprint density at radius 2 is 2.04 bits per heavy atom. The number of ether oxygens (including phenoxy) is 5. The Morgan fingerprint density at radius 3 is 2.77 bits per heavy atom. The molecular weight excluding hydrogens is 346 g/mol. The first-order chi connectivity index (χ1) is 12.5. The SMILES string of the molecule is COC1CC(=O)[C@H](NC(=O)c2ccc3c(c2)OCO3)O[C@@H]1COC(C)=O. The Kier molecular flexibility index (Phi) is 5.38. The smallest absolute Gasteiger partial charge is 0.302 e. The molecule has 1 aromatic rings. The monoisotopic (exact) mass is 365 g/mol. The van der Waals surface area contributed by atoms with Gasteiger partial charge in [0.2, 0.25) is 6.79 Å². The predicted octanol–water partition coefficient (Wildman–Crippen LogP) is 0.407. The molecule has 2 aliphatic rings. The van der Waals surface area contributed by atoms with Gasteiger partial charge in [0.05, 0.1) is 6.10 Å². The van der Waals surface area contributed by atoms with Gasteiger partial charge in [0.15, 0.2) is 23.5 Å². The fourth-order valence-corrected chi connectivity index (χ4v) is 2.71. The van der Waals surface area contributed by atoms with Crippen LogP contribution in [-0.4, -0.2) is 56.6 Å². The van der Waals surface area contributed by atoms with Crippen LogP contribution in [0.25, 0.3) is 0 Å². The van der Waals surface area contributed by atoms with Gasteiger partial charge in [-0.3, -0.25) is 14.4 Å². The first-order valence-electron chi connectivity index (χ1n) is 8.02. The number of fused-ring (bicyclic) bond motifs is 1. The molecule has 2 heterocycles. The summed E-state index contributed by atoms with van der Waals surface area (Å²) in [6.45, 7) is 1.30. The van der Waals surface area contributed by atoms with Gasteiger partial charge in [-0.25, -0.2) is 0 Å². The number of amides is 1. The molecule has 1 N–H and O–H groups in total. The summed E-state index contributed by atoms with van der Waals surface area (Å²) in [4.78, 5) is 35.7. The second-order valence-electron chi connectivity index (χ2n) is 5.84. The van der Waals surface area contributed by atoms with E-state index in [4.69, 9.17) is 23.7 Å². The third kappa shape index (κ3) is 3.94. The first kappa shape index (κ1) is 18.2. The van der Waals surface area contributed by atoms with Gasteiger partial charge >= 0.3 is 5.97 Å². The highest BCUT2D eigenvalue weighted by Crippen LogP contribution is 2.32. The predicted molar refractivity (Wildman–Crippen MR) is 85.7 cm³/mol. The van der Waals surface area contributed by atoms with E-state index in [1.807, 2.05) is 0 Å². The number of benzene rings is 1. The van der Waals surface area contributed by atoms with Crippen LogP contribution in [0.2, 0.25) is 0 Å². The lowest BCUT2D eigenvalue weighted by Gasteiger charge is -2.34. The van der Waals surface area contributed by atoms with E-state index >= 15 is 0 Å². The van der Waals surface area contributed by atoms with Gasteiger partial charge in [-0.05, 0) is 18.2 Å². The maximum absolute atomic E-state index is 12.4. The summed E-state index contributed by atoms with van der Waals surface area (Å²) in [7, 11) is 1.44. The number of carbonyl (C=O) groups excluding carboxylic acids is 3. The van der Waals surface area contributed by atoms with Gasteiger partial charge in [0.1, 0.15) is 12.7 Å².